The average Bonchev–Trinajstić information content (AvgIpc) is 2.34. The Balaban J connectivity index is 1.96. The molecule has 0 amide bonds. The van der Waals surface area contributed by atoms with Crippen LogP contribution < -0.4 is 5.32 Å². The van der Waals surface area contributed by atoms with Crippen molar-refractivity contribution in [3.63, 3.8) is 0 Å². The maximum absolute atomic E-state index is 3.59. The summed E-state index contributed by atoms with van der Waals surface area (Å²) in [5.74, 6) is 2.56. The fourth-order valence-electron chi connectivity index (χ4n) is 4.27. The quantitative estimate of drug-likeness (QED) is 0.842. The summed E-state index contributed by atoms with van der Waals surface area (Å²) >= 11 is 0. The lowest BCUT2D eigenvalue weighted by Crippen LogP contribution is -2.55. The van der Waals surface area contributed by atoms with Gasteiger partial charge in [-0.05, 0) is 51.6 Å². The van der Waals surface area contributed by atoms with Crippen LogP contribution in [0.5, 0.6) is 0 Å². The van der Waals surface area contributed by atoms with Crippen LogP contribution in [0.1, 0.15) is 33.6 Å². The van der Waals surface area contributed by atoms with E-state index in [9.17, 15) is 0 Å². The van der Waals surface area contributed by atoms with Crippen molar-refractivity contribution in [2.45, 2.75) is 45.7 Å². The molecule has 19 heavy (non-hydrogen) atoms. The highest BCUT2D eigenvalue weighted by atomic mass is 15.3. The lowest BCUT2D eigenvalue weighted by Gasteiger charge is -2.45. The monoisotopic (exact) mass is 267 g/mol. The summed E-state index contributed by atoms with van der Waals surface area (Å²) in [6.07, 6.45) is 2.76. The van der Waals surface area contributed by atoms with Crippen molar-refractivity contribution in [1.82, 2.24) is 15.1 Å². The van der Waals surface area contributed by atoms with E-state index < -0.39 is 0 Å². The van der Waals surface area contributed by atoms with Crippen molar-refractivity contribution in [1.29, 1.82) is 0 Å². The minimum Gasteiger partial charge on any atom is -0.317 e. The Labute approximate surface area is 119 Å². The number of piperazine rings is 1. The molecule has 3 nitrogen and oxygen atoms in total. The molecule has 0 radical (unpaired) electrons. The molecule has 1 heterocycles. The van der Waals surface area contributed by atoms with Crippen LogP contribution in [-0.4, -0.2) is 62.2 Å². The minimum atomic E-state index is 0.711. The zero-order chi connectivity index (χ0) is 14.0. The highest BCUT2D eigenvalue weighted by Crippen LogP contribution is 2.34. The fraction of sp³-hybridized carbons (Fsp3) is 1.00. The van der Waals surface area contributed by atoms with Crippen molar-refractivity contribution in [2.24, 2.45) is 17.8 Å². The van der Waals surface area contributed by atoms with Gasteiger partial charge in [0.25, 0.3) is 0 Å². The third-order valence-corrected chi connectivity index (χ3v) is 5.46. The number of hydrogen-bond donors (Lipinski definition) is 1. The Morgan fingerprint density at radius 2 is 1.84 bits per heavy atom. The van der Waals surface area contributed by atoms with E-state index in [0.717, 1.165) is 17.8 Å². The molecule has 0 aromatic rings. The Morgan fingerprint density at radius 1 is 1.11 bits per heavy atom. The summed E-state index contributed by atoms with van der Waals surface area (Å²) in [7, 11) is 4.39. The Bertz CT molecular complexity index is 281. The maximum atomic E-state index is 3.59. The van der Waals surface area contributed by atoms with Gasteiger partial charge in [0.05, 0.1) is 0 Å². The smallest absolute Gasteiger partial charge is 0.0195 e. The van der Waals surface area contributed by atoms with Gasteiger partial charge in [0, 0.05) is 38.3 Å². The summed E-state index contributed by atoms with van der Waals surface area (Å²) in [6, 6.07) is 1.42. The van der Waals surface area contributed by atoms with E-state index in [4.69, 9.17) is 0 Å². The Hall–Kier alpha value is -0.120. The minimum absolute atomic E-state index is 0.711. The predicted molar refractivity (Wildman–Crippen MR) is 82.4 cm³/mol. The number of nitrogens with one attached hydrogen (secondary N) is 1. The van der Waals surface area contributed by atoms with E-state index in [1.807, 2.05) is 0 Å². The van der Waals surface area contributed by atoms with Crippen LogP contribution in [0.4, 0.5) is 0 Å². The number of nitrogens with zero attached hydrogens (tertiary/aromatic N) is 2. The third kappa shape index (κ3) is 3.71. The summed E-state index contributed by atoms with van der Waals surface area (Å²) in [6.45, 7) is 12.2. The fourth-order valence-corrected chi connectivity index (χ4v) is 4.27. The van der Waals surface area contributed by atoms with Crippen LogP contribution in [-0.2, 0) is 0 Å². The number of rotatable bonds is 3. The molecule has 0 bridgehead atoms. The third-order valence-electron chi connectivity index (χ3n) is 5.46. The van der Waals surface area contributed by atoms with Crippen molar-refractivity contribution >= 4 is 0 Å². The van der Waals surface area contributed by atoms with Crippen LogP contribution in [0.2, 0.25) is 0 Å². The van der Waals surface area contributed by atoms with Crippen molar-refractivity contribution in [3.05, 3.63) is 0 Å². The van der Waals surface area contributed by atoms with Gasteiger partial charge in [-0.1, -0.05) is 13.8 Å². The van der Waals surface area contributed by atoms with Gasteiger partial charge in [-0.2, -0.15) is 0 Å². The summed E-state index contributed by atoms with van der Waals surface area (Å²) in [5.41, 5.74) is 0. The molecule has 1 saturated heterocycles. The molecule has 1 aliphatic carbocycles. The standard InChI is InChI=1S/C16H33N3/c1-12-8-13(2)15(16(9-12)17-4)11-19-7-6-18(5)10-14(19)3/h12-17H,6-11H2,1-5H3. The van der Waals surface area contributed by atoms with Crippen molar-refractivity contribution in [2.75, 3.05) is 40.3 Å². The molecule has 2 rings (SSSR count). The second kappa shape index (κ2) is 6.55. The first-order chi connectivity index (χ1) is 9.01. The molecule has 1 aliphatic heterocycles. The van der Waals surface area contributed by atoms with Gasteiger partial charge < -0.3 is 10.2 Å². The molecule has 2 fully saturated rings. The van der Waals surface area contributed by atoms with E-state index in [1.165, 1.54) is 39.0 Å². The van der Waals surface area contributed by atoms with E-state index >= 15 is 0 Å². The first-order valence-electron chi connectivity index (χ1n) is 8.11. The largest absolute Gasteiger partial charge is 0.317 e. The number of likely N-dealkylation sites (N-methyl/N-ethyl adjacent to an activating group) is 1. The number of hydrogen-bond acceptors (Lipinski definition) is 3. The molecule has 3 heteroatoms. The summed E-state index contributed by atoms with van der Waals surface area (Å²) in [4.78, 5) is 5.19. The van der Waals surface area contributed by atoms with Gasteiger partial charge in [-0.25, -0.2) is 0 Å². The topological polar surface area (TPSA) is 18.5 Å². The molecule has 0 aromatic heterocycles. The molecular formula is C16H33N3. The van der Waals surface area contributed by atoms with Crippen molar-refractivity contribution < 1.29 is 0 Å². The molecular weight excluding hydrogens is 234 g/mol. The molecule has 0 spiro atoms. The molecule has 112 valence electrons. The zero-order valence-corrected chi connectivity index (χ0v) is 13.5. The second-order valence-corrected chi connectivity index (χ2v) is 7.22. The molecule has 1 N–H and O–H groups in total. The van der Waals surface area contributed by atoms with Crippen LogP contribution in [0.25, 0.3) is 0 Å². The predicted octanol–water partition coefficient (Wildman–Crippen LogP) is 1.89. The summed E-state index contributed by atoms with van der Waals surface area (Å²) in [5, 5.41) is 3.59. The van der Waals surface area contributed by atoms with Crippen molar-refractivity contribution in [3.8, 4) is 0 Å². The van der Waals surface area contributed by atoms with Crippen LogP contribution in [0.3, 0.4) is 0 Å². The molecule has 0 aromatic carbocycles. The normalized spacial score (nSPS) is 42.5. The molecule has 1 saturated carbocycles. The van der Waals surface area contributed by atoms with Gasteiger partial charge in [0.1, 0.15) is 0 Å². The Kier molecular flexibility index (Phi) is 5.27. The van der Waals surface area contributed by atoms with E-state index in [0.29, 0.717) is 12.1 Å². The molecule has 5 unspecified atom stereocenters. The van der Waals surface area contributed by atoms with E-state index in [2.05, 4.69) is 50.0 Å². The van der Waals surface area contributed by atoms with E-state index in [1.54, 1.807) is 0 Å². The highest BCUT2D eigenvalue weighted by Gasteiger charge is 2.35. The first kappa shape index (κ1) is 15.3. The maximum Gasteiger partial charge on any atom is 0.0195 e. The van der Waals surface area contributed by atoms with Gasteiger partial charge in [0.2, 0.25) is 0 Å². The van der Waals surface area contributed by atoms with Crippen LogP contribution >= 0.6 is 0 Å². The van der Waals surface area contributed by atoms with Gasteiger partial charge in [-0.3, -0.25) is 4.90 Å². The first-order valence-corrected chi connectivity index (χ1v) is 8.11. The highest BCUT2D eigenvalue weighted by molar-refractivity contribution is 4.90. The van der Waals surface area contributed by atoms with Gasteiger partial charge in [0.15, 0.2) is 0 Å². The molecule has 2 aliphatic rings. The average molecular weight is 267 g/mol. The van der Waals surface area contributed by atoms with Gasteiger partial charge >= 0.3 is 0 Å². The van der Waals surface area contributed by atoms with Gasteiger partial charge in [-0.15, -0.1) is 0 Å². The van der Waals surface area contributed by atoms with Crippen LogP contribution in [0, 0.1) is 17.8 Å². The summed E-state index contributed by atoms with van der Waals surface area (Å²) < 4.78 is 0. The van der Waals surface area contributed by atoms with E-state index in [-0.39, 0.29) is 0 Å². The molecule has 5 atom stereocenters. The lowest BCUT2D eigenvalue weighted by molar-refractivity contribution is 0.0466. The zero-order valence-electron chi connectivity index (χ0n) is 13.5. The Morgan fingerprint density at radius 3 is 2.47 bits per heavy atom. The lowest BCUT2D eigenvalue weighted by atomic mass is 9.72. The second-order valence-electron chi connectivity index (χ2n) is 7.22. The van der Waals surface area contributed by atoms with Crippen LogP contribution in [0.15, 0.2) is 0 Å². The SMILES string of the molecule is CNC1CC(C)CC(C)C1CN1CCN(C)CC1C.